The molecule has 2 fully saturated rings. The topological polar surface area (TPSA) is 61.6 Å². The molecule has 2 aliphatic carbocycles. The Kier molecular flexibility index (Phi) is 6.79. The van der Waals surface area contributed by atoms with Crippen LogP contribution >= 0.6 is 0 Å². The quantitative estimate of drug-likeness (QED) is 0.572. The van der Waals surface area contributed by atoms with E-state index in [1.165, 1.54) is 18.9 Å². The summed E-state index contributed by atoms with van der Waals surface area (Å²) in [6.07, 6.45) is 6.70. The molecule has 2 N–H and O–H groups in total. The summed E-state index contributed by atoms with van der Waals surface area (Å²) in [6.45, 7) is 0.667. The Labute approximate surface area is 183 Å². The van der Waals surface area contributed by atoms with Gasteiger partial charge in [-0.2, -0.15) is 0 Å². The fourth-order valence-corrected chi connectivity index (χ4v) is 4.92. The Balaban J connectivity index is 1.31. The van der Waals surface area contributed by atoms with Gasteiger partial charge in [0.15, 0.2) is 0 Å². The average Bonchev–Trinajstić information content (AvgIpc) is 3.62. The number of halogens is 1. The van der Waals surface area contributed by atoms with Crippen molar-refractivity contribution in [3.63, 3.8) is 0 Å². The molecule has 2 aliphatic rings. The number of primary amides is 1. The molecule has 4 nitrogen and oxygen atoms in total. The van der Waals surface area contributed by atoms with Crippen molar-refractivity contribution in [3.05, 3.63) is 59.4 Å². The lowest BCUT2D eigenvalue weighted by Gasteiger charge is -2.29. The van der Waals surface area contributed by atoms with Crippen LogP contribution in [-0.4, -0.2) is 19.6 Å². The highest BCUT2D eigenvalue weighted by Gasteiger charge is 2.33. The van der Waals surface area contributed by atoms with Crippen molar-refractivity contribution in [3.8, 4) is 11.5 Å². The van der Waals surface area contributed by atoms with Crippen LogP contribution in [0.5, 0.6) is 11.5 Å². The number of methoxy groups -OCH3 is 1. The minimum Gasteiger partial charge on any atom is -0.497 e. The van der Waals surface area contributed by atoms with Crippen LogP contribution in [0, 0.1) is 17.7 Å². The summed E-state index contributed by atoms with van der Waals surface area (Å²) in [5.74, 6) is 2.66. The summed E-state index contributed by atoms with van der Waals surface area (Å²) >= 11 is 0. The maximum absolute atomic E-state index is 14.3. The van der Waals surface area contributed by atoms with Gasteiger partial charge in [0, 0.05) is 6.42 Å². The first-order valence-electron chi connectivity index (χ1n) is 11.4. The third-order valence-electron chi connectivity index (χ3n) is 6.87. The number of nitrogens with two attached hydrogens (primary N) is 1. The van der Waals surface area contributed by atoms with Crippen molar-refractivity contribution in [2.75, 3.05) is 13.7 Å². The molecule has 0 saturated heterocycles. The molecule has 2 aromatic carbocycles. The highest BCUT2D eigenvalue weighted by atomic mass is 19.1. The van der Waals surface area contributed by atoms with Crippen LogP contribution in [-0.2, 0) is 4.79 Å². The van der Waals surface area contributed by atoms with Crippen LogP contribution in [0.2, 0.25) is 0 Å². The van der Waals surface area contributed by atoms with E-state index in [0.29, 0.717) is 30.6 Å². The number of carbonyl (C=O) groups is 1. The summed E-state index contributed by atoms with van der Waals surface area (Å²) in [7, 11) is 1.61. The molecule has 5 heteroatoms. The second kappa shape index (κ2) is 9.71. The van der Waals surface area contributed by atoms with E-state index in [0.717, 1.165) is 42.6 Å². The van der Waals surface area contributed by atoms with Gasteiger partial charge in [0.2, 0.25) is 5.91 Å². The first-order chi connectivity index (χ1) is 15.0. The molecule has 31 heavy (non-hydrogen) atoms. The fraction of sp³-hybridized carbons (Fsp3) is 0.500. The van der Waals surface area contributed by atoms with Gasteiger partial charge in [0.05, 0.1) is 13.7 Å². The zero-order valence-corrected chi connectivity index (χ0v) is 18.2. The van der Waals surface area contributed by atoms with E-state index in [4.69, 9.17) is 15.2 Å². The zero-order valence-electron chi connectivity index (χ0n) is 18.2. The number of ether oxygens (including phenoxy) is 2. The Morgan fingerprint density at radius 3 is 2.52 bits per heavy atom. The largest absolute Gasteiger partial charge is 0.497 e. The molecule has 0 bridgehead atoms. The standard InChI is InChI=1S/C26H32FNO3/c1-30-21-11-12-25(27)24(14-21)19-7-5-17(6-8-19)16-31-22-4-2-3-20(13-22)23(15-26(28)29)18-9-10-18/h2-4,11-14,17-19,23H,5-10,15-16H2,1H3,(H2,28,29)/t17?,19?,23-/m0/s1. The summed E-state index contributed by atoms with van der Waals surface area (Å²) in [5, 5.41) is 0. The van der Waals surface area contributed by atoms with Gasteiger partial charge < -0.3 is 15.2 Å². The molecule has 2 aromatic rings. The predicted octanol–water partition coefficient (Wildman–Crippen LogP) is 5.56. The minimum atomic E-state index is -0.243. The summed E-state index contributed by atoms with van der Waals surface area (Å²) in [5.41, 5.74) is 7.39. The van der Waals surface area contributed by atoms with Crippen LogP contribution < -0.4 is 15.2 Å². The van der Waals surface area contributed by atoms with E-state index in [2.05, 4.69) is 12.1 Å². The molecule has 0 unspecified atom stereocenters. The number of benzene rings is 2. The van der Waals surface area contributed by atoms with Gasteiger partial charge in [-0.1, -0.05) is 12.1 Å². The Morgan fingerprint density at radius 1 is 1.06 bits per heavy atom. The van der Waals surface area contributed by atoms with E-state index in [1.54, 1.807) is 13.2 Å². The first kappa shape index (κ1) is 21.7. The highest BCUT2D eigenvalue weighted by molar-refractivity contribution is 5.75. The maximum Gasteiger partial charge on any atom is 0.218 e. The van der Waals surface area contributed by atoms with Crippen molar-refractivity contribution in [2.45, 2.75) is 56.8 Å². The molecule has 1 atom stereocenters. The summed E-state index contributed by atoms with van der Waals surface area (Å²) in [4.78, 5) is 11.5. The van der Waals surface area contributed by atoms with Gasteiger partial charge in [-0.25, -0.2) is 4.39 Å². The summed E-state index contributed by atoms with van der Waals surface area (Å²) < 4.78 is 25.7. The van der Waals surface area contributed by atoms with E-state index in [-0.39, 0.29) is 23.6 Å². The van der Waals surface area contributed by atoms with Crippen LogP contribution in [0.3, 0.4) is 0 Å². The molecule has 0 radical (unpaired) electrons. The third kappa shape index (κ3) is 5.57. The molecule has 0 heterocycles. The van der Waals surface area contributed by atoms with E-state index in [1.807, 2.05) is 18.2 Å². The van der Waals surface area contributed by atoms with Crippen LogP contribution in [0.15, 0.2) is 42.5 Å². The molecule has 166 valence electrons. The Morgan fingerprint density at radius 2 is 1.84 bits per heavy atom. The zero-order chi connectivity index (χ0) is 21.8. The molecule has 0 aliphatic heterocycles. The monoisotopic (exact) mass is 425 g/mol. The number of hydrogen-bond acceptors (Lipinski definition) is 3. The van der Waals surface area contributed by atoms with Crippen molar-refractivity contribution < 1.29 is 18.7 Å². The number of amides is 1. The number of hydrogen-bond donors (Lipinski definition) is 1. The average molecular weight is 426 g/mol. The second-order valence-electron chi connectivity index (χ2n) is 9.10. The molecule has 1 amide bonds. The lowest BCUT2D eigenvalue weighted by molar-refractivity contribution is -0.118. The van der Waals surface area contributed by atoms with Crippen LogP contribution in [0.4, 0.5) is 4.39 Å². The fourth-order valence-electron chi connectivity index (χ4n) is 4.92. The second-order valence-corrected chi connectivity index (χ2v) is 9.10. The van der Waals surface area contributed by atoms with E-state index < -0.39 is 0 Å². The van der Waals surface area contributed by atoms with Gasteiger partial charge in [0.25, 0.3) is 0 Å². The molecule has 4 rings (SSSR count). The number of rotatable bonds is 9. The molecule has 0 aromatic heterocycles. The van der Waals surface area contributed by atoms with Crippen molar-refractivity contribution >= 4 is 5.91 Å². The lowest BCUT2D eigenvalue weighted by Crippen LogP contribution is -2.20. The molecule has 0 spiro atoms. The smallest absolute Gasteiger partial charge is 0.218 e. The summed E-state index contributed by atoms with van der Waals surface area (Å²) in [6, 6.07) is 13.1. The van der Waals surface area contributed by atoms with Crippen molar-refractivity contribution in [2.24, 2.45) is 17.6 Å². The van der Waals surface area contributed by atoms with Gasteiger partial charge in [-0.3, -0.25) is 4.79 Å². The van der Waals surface area contributed by atoms with Gasteiger partial charge in [0.1, 0.15) is 17.3 Å². The molecular weight excluding hydrogens is 393 g/mol. The Hall–Kier alpha value is -2.56. The SMILES string of the molecule is COc1ccc(F)c(C2CCC(COc3cccc([C@@H](CC(N)=O)C4CC4)c3)CC2)c1. The van der Waals surface area contributed by atoms with Crippen LogP contribution in [0.1, 0.15) is 67.9 Å². The predicted molar refractivity (Wildman–Crippen MR) is 119 cm³/mol. The van der Waals surface area contributed by atoms with Gasteiger partial charge in [-0.05, 0) is 104 Å². The van der Waals surface area contributed by atoms with Crippen molar-refractivity contribution in [1.29, 1.82) is 0 Å². The molecule has 2 saturated carbocycles. The molecular formula is C26H32FNO3. The minimum absolute atomic E-state index is 0.140. The van der Waals surface area contributed by atoms with Crippen molar-refractivity contribution in [1.82, 2.24) is 0 Å². The Bertz CT molecular complexity index is 903. The highest BCUT2D eigenvalue weighted by Crippen LogP contribution is 2.45. The third-order valence-corrected chi connectivity index (χ3v) is 6.87. The van der Waals surface area contributed by atoms with Crippen LogP contribution in [0.25, 0.3) is 0 Å². The lowest BCUT2D eigenvalue weighted by atomic mass is 9.79. The normalized spacial score (nSPS) is 22.0. The number of carbonyl (C=O) groups excluding carboxylic acids is 1. The van der Waals surface area contributed by atoms with Gasteiger partial charge in [-0.15, -0.1) is 0 Å². The van der Waals surface area contributed by atoms with E-state index in [9.17, 15) is 9.18 Å². The van der Waals surface area contributed by atoms with E-state index >= 15 is 0 Å². The van der Waals surface area contributed by atoms with Gasteiger partial charge >= 0.3 is 0 Å². The first-order valence-corrected chi connectivity index (χ1v) is 11.4. The maximum atomic E-state index is 14.3.